The van der Waals surface area contributed by atoms with Crippen molar-refractivity contribution in [3.63, 3.8) is 0 Å². The molecular weight excluding hydrogens is 228 g/mol. The highest BCUT2D eigenvalue weighted by Gasteiger charge is 1.98. The normalized spacial score (nSPS) is 11.4. The van der Waals surface area contributed by atoms with Crippen LogP contribution < -0.4 is 16.6 Å². The maximum atomic E-state index is 5.40. The Bertz CT molecular complexity index is 362. The van der Waals surface area contributed by atoms with E-state index in [0.29, 0.717) is 19.1 Å². The summed E-state index contributed by atoms with van der Waals surface area (Å²) in [5, 5.41) is 3.12. The van der Waals surface area contributed by atoms with E-state index < -0.39 is 0 Å². The molecule has 0 fully saturated rings. The molecule has 0 saturated heterocycles. The third-order valence-corrected chi connectivity index (χ3v) is 2.46. The summed E-state index contributed by atoms with van der Waals surface area (Å²) in [5.74, 6) is 5.93. The predicted molar refractivity (Wildman–Crippen MR) is 75.6 cm³/mol. The molecule has 0 radical (unpaired) electrons. The van der Waals surface area contributed by atoms with Gasteiger partial charge < -0.3 is 10.1 Å². The topological polar surface area (TPSA) is 71.7 Å². The Morgan fingerprint density at radius 3 is 2.61 bits per heavy atom. The molecular formula is C13H22N4O. The Hall–Kier alpha value is -1.59. The first-order valence-corrected chi connectivity index (χ1v) is 6.16. The van der Waals surface area contributed by atoms with Gasteiger partial charge in [0.1, 0.15) is 0 Å². The average Bonchev–Trinajstić information content (AvgIpc) is 2.40. The van der Waals surface area contributed by atoms with Crippen molar-refractivity contribution in [1.82, 2.24) is 5.43 Å². The number of hydrogen-bond donors (Lipinski definition) is 3. The summed E-state index contributed by atoms with van der Waals surface area (Å²) < 4.78 is 4.93. The quantitative estimate of drug-likeness (QED) is 0.235. The van der Waals surface area contributed by atoms with Crippen molar-refractivity contribution in [2.45, 2.75) is 19.8 Å². The van der Waals surface area contributed by atoms with Crippen molar-refractivity contribution in [2.75, 3.05) is 25.6 Å². The van der Waals surface area contributed by atoms with E-state index in [4.69, 9.17) is 10.6 Å². The monoisotopic (exact) mass is 250 g/mol. The molecule has 0 spiro atoms. The molecule has 100 valence electrons. The van der Waals surface area contributed by atoms with E-state index in [0.717, 1.165) is 18.5 Å². The van der Waals surface area contributed by atoms with Crippen molar-refractivity contribution in [1.29, 1.82) is 0 Å². The summed E-state index contributed by atoms with van der Waals surface area (Å²) in [6, 6.07) is 8.26. The zero-order valence-electron chi connectivity index (χ0n) is 11.1. The highest BCUT2D eigenvalue weighted by molar-refractivity contribution is 5.93. The van der Waals surface area contributed by atoms with Gasteiger partial charge in [-0.15, -0.1) is 0 Å². The van der Waals surface area contributed by atoms with Crippen LogP contribution in [0, 0.1) is 0 Å². The minimum Gasteiger partial charge on any atom is -0.383 e. The fourth-order valence-electron chi connectivity index (χ4n) is 1.55. The predicted octanol–water partition coefficient (Wildman–Crippen LogP) is 1.52. The zero-order chi connectivity index (χ0) is 13.2. The molecule has 0 saturated carbocycles. The maximum absolute atomic E-state index is 5.40. The molecule has 0 unspecified atom stereocenters. The van der Waals surface area contributed by atoms with Gasteiger partial charge in [0, 0.05) is 12.8 Å². The third-order valence-electron chi connectivity index (χ3n) is 2.46. The molecule has 5 heteroatoms. The standard InChI is InChI=1S/C13H22N4O/c1-3-4-11-5-7-12(8-6-11)16-13(17-14)15-9-10-18-2/h5-8H,3-4,9-10,14H2,1-2H3,(H2,15,16,17). The number of ether oxygens (including phenoxy) is 1. The molecule has 1 aromatic carbocycles. The minimum atomic E-state index is 0.537. The lowest BCUT2D eigenvalue weighted by atomic mass is 10.1. The molecule has 0 aliphatic carbocycles. The first-order valence-electron chi connectivity index (χ1n) is 6.16. The summed E-state index contributed by atoms with van der Waals surface area (Å²) in [4.78, 5) is 4.23. The molecule has 0 aromatic heterocycles. The molecule has 1 rings (SSSR count). The van der Waals surface area contributed by atoms with Crippen molar-refractivity contribution in [3.05, 3.63) is 29.8 Å². The number of benzene rings is 1. The fourth-order valence-corrected chi connectivity index (χ4v) is 1.55. The van der Waals surface area contributed by atoms with Gasteiger partial charge in [-0.2, -0.15) is 0 Å². The van der Waals surface area contributed by atoms with Crippen molar-refractivity contribution in [2.24, 2.45) is 10.8 Å². The molecule has 0 heterocycles. The lowest BCUT2D eigenvalue weighted by Crippen LogP contribution is -2.36. The summed E-state index contributed by atoms with van der Waals surface area (Å²) >= 11 is 0. The van der Waals surface area contributed by atoms with E-state index in [9.17, 15) is 0 Å². The van der Waals surface area contributed by atoms with Crippen molar-refractivity contribution >= 4 is 11.6 Å². The van der Waals surface area contributed by atoms with Gasteiger partial charge in [-0.05, 0) is 24.1 Å². The van der Waals surface area contributed by atoms with Crippen molar-refractivity contribution < 1.29 is 4.74 Å². The number of nitrogens with zero attached hydrogens (tertiary/aromatic N) is 1. The van der Waals surface area contributed by atoms with E-state index in [1.165, 1.54) is 5.56 Å². The van der Waals surface area contributed by atoms with Crippen LogP contribution in [0.4, 0.5) is 5.69 Å². The van der Waals surface area contributed by atoms with Gasteiger partial charge in [0.15, 0.2) is 0 Å². The highest BCUT2D eigenvalue weighted by atomic mass is 16.5. The van der Waals surface area contributed by atoms with E-state index >= 15 is 0 Å². The number of anilines is 1. The van der Waals surface area contributed by atoms with Gasteiger partial charge in [-0.1, -0.05) is 25.5 Å². The van der Waals surface area contributed by atoms with Gasteiger partial charge in [0.2, 0.25) is 5.96 Å². The first kappa shape index (κ1) is 14.5. The van der Waals surface area contributed by atoms with Crippen LogP contribution >= 0.6 is 0 Å². The molecule has 4 N–H and O–H groups in total. The molecule has 0 bridgehead atoms. The summed E-state index contributed by atoms with van der Waals surface area (Å²) in [5.41, 5.74) is 4.83. The fraction of sp³-hybridized carbons (Fsp3) is 0.462. The lowest BCUT2D eigenvalue weighted by Gasteiger charge is -2.09. The molecule has 1 aromatic rings. The van der Waals surface area contributed by atoms with Gasteiger partial charge in [0.25, 0.3) is 0 Å². The Balaban J connectivity index is 2.55. The Morgan fingerprint density at radius 2 is 2.06 bits per heavy atom. The molecule has 5 nitrogen and oxygen atoms in total. The first-order chi connectivity index (χ1) is 8.80. The van der Waals surface area contributed by atoms with Gasteiger partial charge in [-0.25, -0.2) is 10.8 Å². The SMILES string of the molecule is CCCc1ccc(NC(=NCCOC)NN)cc1. The number of rotatable bonds is 6. The van der Waals surface area contributed by atoms with Crippen LogP contribution in [0.15, 0.2) is 29.3 Å². The third kappa shape index (κ3) is 5.16. The summed E-state index contributed by atoms with van der Waals surface area (Å²) in [7, 11) is 1.64. The number of aryl methyl sites for hydroxylation is 1. The molecule has 0 amide bonds. The molecule has 0 atom stereocenters. The largest absolute Gasteiger partial charge is 0.383 e. The second kappa shape index (κ2) is 8.49. The number of guanidine groups is 1. The number of hydrazine groups is 1. The highest BCUT2D eigenvalue weighted by Crippen LogP contribution is 2.10. The second-order valence-corrected chi connectivity index (χ2v) is 3.94. The summed E-state index contributed by atoms with van der Waals surface area (Å²) in [6.45, 7) is 3.31. The van der Waals surface area contributed by atoms with Gasteiger partial charge >= 0.3 is 0 Å². The van der Waals surface area contributed by atoms with Crippen LogP contribution in [0.2, 0.25) is 0 Å². The lowest BCUT2D eigenvalue weighted by molar-refractivity contribution is 0.208. The van der Waals surface area contributed by atoms with E-state index in [-0.39, 0.29) is 0 Å². The maximum Gasteiger partial charge on any atom is 0.210 e. The second-order valence-electron chi connectivity index (χ2n) is 3.94. The minimum absolute atomic E-state index is 0.537. The number of nitrogens with one attached hydrogen (secondary N) is 2. The van der Waals surface area contributed by atoms with Crippen LogP contribution in [-0.4, -0.2) is 26.2 Å². The van der Waals surface area contributed by atoms with E-state index in [1.54, 1.807) is 7.11 Å². The van der Waals surface area contributed by atoms with Gasteiger partial charge in [0.05, 0.1) is 13.2 Å². The Kier molecular flexibility index (Phi) is 6.83. The van der Waals surface area contributed by atoms with E-state index in [2.05, 4.69) is 34.8 Å². The van der Waals surface area contributed by atoms with Crippen LogP contribution in [0.1, 0.15) is 18.9 Å². The Labute approximate surface area is 108 Å². The zero-order valence-corrected chi connectivity index (χ0v) is 11.1. The molecule has 0 aliphatic rings. The van der Waals surface area contributed by atoms with E-state index in [1.807, 2.05) is 12.1 Å². The Morgan fingerprint density at radius 1 is 1.33 bits per heavy atom. The smallest absolute Gasteiger partial charge is 0.210 e. The molecule has 0 aliphatic heterocycles. The van der Waals surface area contributed by atoms with Crippen LogP contribution in [0.3, 0.4) is 0 Å². The number of methoxy groups -OCH3 is 1. The average molecular weight is 250 g/mol. The van der Waals surface area contributed by atoms with Gasteiger partial charge in [-0.3, -0.25) is 5.43 Å². The number of aliphatic imine (C=N–C) groups is 1. The van der Waals surface area contributed by atoms with Crippen LogP contribution in [-0.2, 0) is 11.2 Å². The summed E-state index contributed by atoms with van der Waals surface area (Å²) in [6.07, 6.45) is 2.26. The van der Waals surface area contributed by atoms with Crippen LogP contribution in [0.25, 0.3) is 0 Å². The van der Waals surface area contributed by atoms with Crippen LogP contribution in [0.5, 0.6) is 0 Å². The number of hydrogen-bond acceptors (Lipinski definition) is 3. The number of nitrogens with two attached hydrogens (primary N) is 1. The van der Waals surface area contributed by atoms with Crippen molar-refractivity contribution in [3.8, 4) is 0 Å². The molecule has 18 heavy (non-hydrogen) atoms.